The van der Waals surface area contributed by atoms with E-state index in [4.69, 9.17) is 9.97 Å². The number of hydrogen-bond donors (Lipinski definition) is 3. The number of piperidine rings is 1. The van der Waals surface area contributed by atoms with Crippen LogP contribution in [0.5, 0.6) is 0 Å². The summed E-state index contributed by atoms with van der Waals surface area (Å²) < 4.78 is 24.8. The fraction of sp³-hybridized carbons (Fsp3) is 0.435. The van der Waals surface area contributed by atoms with E-state index in [0.717, 1.165) is 51.9 Å². The fourth-order valence-corrected chi connectivity index (χ4v) is 6.88. The molecule has 180 valence electrons. The predicted molar refractivity (Wildman–Crippen MR) is 136 cm³/mol. The van der Waals surface area contributed by atoms with Crippen LogP contribution >= 0.6 is 11.3 Å². The lowest BCUT2D eigenvalue weighted by Crippen LogP contribution is -2.38. The van der Waals surface area contributed by atoms with Crippen LogP contribution in [-0.2, 0) is 16.4 Å². The Morgan fingerprint density at radius 3 is 2.79 bits per heavy atom. The number of rotatable bonds is 7. The normalized spacial score (nSPS) is 16.0. The highest BCUT2D eigenvalue weighted by Gasteiger charge is 2.27. The molecule has 1 aliphatic rings. The average molecular weight is 501 g/mol. The first-order chi connectivity index (χ1) is 16.3. The highest BCUT2D eigenvalue weighted by atomic mass is 32.2. The second-order valence-corrected chi connectivity index (χ2v) is 12.2. The molecule has 0 bridgehead atoms. The summed E-state index contributed by atoms with van der Waals surface area (Å²) in [5.74, 6) is 1.33. The van der Waals surface area contributed by atoms with Gasteiger partial charge in [0.1, 0.15) is 15.7 Å². The lowest BCUT2D eigenvalue weighted by atomic mass is 10.1. The second kappa shape index (κ2) is 9.21. The highest BCUT2D eigenvalue weighted by Crippen LogP contribution is 2.37. The molecule has 4 aromatic rings. The van der Waals surface area contributed by atoms with E-state index in [-0.39, 0.29) is 11.9 Å². The SMILES string of the molecule is Cc1c(CN2CCC(S(C)(=O)=O)CC2)sc2c(NCCO)nc(-c3cccc4[nH]ncc34)nc12. The van der Waals surface area contributed by atoms with E-state index in [9.17, 15) is 13.5 Å². The van der Waals surface area contributed by atoms with Crippen LogP contribution < -0.4 is 5.32 Å². The lowest BCUT2D eigenvalue weighted by Gasteiger charge is -2.30. The summed E-state index contributed by atoms with van der Waals surface area (Å²) in [5, 5.41) is 20.5. The van der Waals surface area contributed by atoms with Crippen LogP contribution in [0.1, 0.15) is 23.3 Å². The summed E-state index contributed by atoms with van der Waals surface area (Å²) >= 11 is 1.66. The summed E-state index contributed by atoms with van der Waals surface area (Å²) in [7, 11) is -2.99. The molecule has 9 nitrogen and oxygen atoms in total. The maximum Gasteiger partial charge on any atom is 0.162 e. The Morgan fingerprint density at radius 1 is 1.26 bits per heavy atom. The molecule has 0 amide bonds. The van der Waals surface area contributed by atoms with Crippen molar-refractivity contribution < 1.29 is 13.5 Å². The molecule has 34 heavy (non-hydrogen) atoms. The molecule has 0 unspecified atom stereocenters. The molecule has 3 N–H and O–H groups in total. The molecular formula is C23H28N6O3S2. The van der Waals surface area contributed by atoms with E-state index in [2.05, 4.69) is 27.3 Å². The summed E-state index contributed by atoms with van der Waals surface area (Å²) in [6.07, 6.45) is 4.46. The third-order valence-electron chi connectivity index (χ3n) is 6.50. The molecule has 0 spiro atoms. The van der Waals surface area contributed by atoms with Gasteiger partial charge in [0, 0.05) is 35.2 Å². The molecule has 0 saturated carbocycles. The van der Waals surface area contributed by atoms with Gasteiger partial charge in [0.25, 0.3) is 0 Å². The van der Waals surface area contributed by atoms with E-state index in [0.29, 0.717) is 31.0 Å². The van der Waals surface area contributed by atoms with Crippen molar-refractivity contribution in [1.82, 2.24) is 25.1 Å². The minimum Gasteiger partial charge on any atom is -0.395 e. The quantitative estimate of drug-likeness (QED) is 0.354. The minimum absolute atomic E-state index is 0.00460. The van der Waals surface area contributed by atoms with Gasteiger partial charge in [-0.15, -0.1) is 11.3 Å². The number of H-pyrrole nitrogens is 1. The summed E-state index contributed by atoms with van der Waals surface area (Å²) in [6.45, 7) is 4.77. The number of benzene rings is 1. The zero-order chi connectivity index (χ0) is 23.9. The van der Waals surface area contributed by atoms with Gasteiger partial charge >= 0.3 is 0 Å². The molecule has 1 fully saturated rings. The lowest BCUT2D eigenvalue weighted by molar-refractivity contribution is 0.223. The van der Waals surface area contributed by atoms with Crippen LogP contribution in [0.15, 0.2) is 24.4 Å². The van der Waals surface area contributed by atoms with Crippen molar-refractivity contribution >= 4 is 48.1 Å². The number of aliphatic hydroxyl groups is 1. The smallest absolute Gasteiger partial charge is 0.162 e. The number of aryl methyl sites for hydroxylation is 1. The third kappa shape index (κ3) is 4.40. The Balaban J connectivity index is 1.51. The van der Waals surface area contributed by atoms with Gasteiger partial charge in [-0.25, -0.2) is 18.4 Å². The number of aromatic amines is 1. The van der Waals surface area contributed by atoms with E-state index >= 15 is 0 Å². The van der Waals surface area contributed by atoms with Crippen LogP contribution in [0.3, 0.4) is 0 Å². The van der Waals surface area contributed by atoms with E-state index < -0.39 is 9.84 Å². The number of hydrogen-bond acceptors (Lipinski definition) is 9. The van der Waals surface area contributed by atoms with Crippen molar-refractivity contribution in [2.24, 2.45) is 0 Å². The Labute approximate surface area is 202 Å². The summed E-state index contributed by atoms with van der Waals surface area (Å²) in [4.78, 5) is 13.3. The van der Waals surface area contributed by atoms with Crippen LogP contribution in [0.2, 0.25) is 0 Å². The Morgan fingerprint density at radius 2 is 2.06 bits per heavy atom. The topological polar surface area (TPSA) is 124 Å². The first kappa shape index (κ1) is 23.2. The maximum atomic E-state index is 11.9. The van der Waals surface area contributed by atoms with E-state index in [1.807, 2.05) is 18.2 Å². The Bertz CT molecular complexity index is 1440. The van der Waals surface area contributed by atoms with Crippen molar-refractivity contribution in [3.8, 4) is 11.4 Å². The number of sulfone groups is 1. The molecule has 4 heterocycles. The molecule has 3 aromatic heterocycles. The van der Waals surface area contributed by atoms with Crippen molar-refractivity contribution in [3.05, 3.63) is 34.8 Å². The molecule has 0 radical (unpaired) electrons. The molecule has 5 rings (SSSR count). The molecule has 11 heteroatoms. The van der Waals surface area contributed by atoms with Gasteiger partial charge in [-0.3, -0.25) is 10.00 Å². The predicted octanol–water partition coefficient (Wildman–Crippen LogP) is 2.96. The number of aliphatic hydroxyl groups excluding tert-OH is 1. The number of aromatic nitrogens is 4. The van der Waals surface area contributed by atoms with Gasteiger partial charge < -0.3 is 10.4 Å². The van der Waals surface area contributed by atoms with Crippen molar-refractivity contribution in [2.75, 3.05) is 37.8 Å². The van der Waals surface area contributed by atoms with Gasteiger partial charge in [0.2, 0.25) is 0 Å². The van der Waals surface area contributed by atoms with Gasteiger partial charge in [-0.05, 0) is 44.5 Å². The average Bonchev–Trinajstić information content (AvgIpc) is 3.42. The zero-order valence-corrected chi connectivity index (χ0v) is 20.8. The van der Waals surface area contributed by atoms with Gasteiger partial charge in [-0.2, -0.15) is 5.10 Å². The monoisotopic (exact) mass is 500 g/mol. The third-order valence-corrected chi connectivity index (χ3v) is 9.46. The number of likely N-dealkylation sites (tertiary alicyclic amines) is 1. The van der Waals surface area contributed by atoms with Gasteiger partial charge in [-0.1, -0.05) is 12.1 Å². The molecule has 1 aromatic carbocycles. The Kier molecular flexibility index (Phi) is 6.28. The molecule has 0 aliphatic carbocycles. The van der Waals surface area contributed by atoms with Crippen LogP contribution in [-0.4, -0.2) is 76.3 Å². The molecule has 1 aliphatic heterocycles. The van der Waals surface area contributed by atoms with Crippen LogP contribution in [0.4, 0.5) is 5.82 Å². The highest BCUT2D eigenvalue weighted by molar-refractivity contribution is 7.91. The number of thiophene rings is 1. The zero-order valence-electron chi connectivity index (χ0n) is 19.2. The van der Waals surface area contributed by atoms with E-state index in [1.165, 1.54) is 11.1 Å². The number of nitrogens with zero attached hydrogens (tertiary/aromatic N) is 4. The summed E-state index contributed by atoms with van der Waals surface area (Å²) in [5.41, 5.74) is 3.83. The fourth-order valence-electron chi connectivity index (χ4n) is 4.56. The number of nitrogens with one attached hydrogen (secondary N) is 2. The van der Waals surface area contributed by atoms with Crippen molar-refractivity contribution in [1.29, 1.82) is 0 Å². The Hall–Kier alpha value is -2.60. The minimum atomic E-state index is -2.99. The maximum absolute atomic E-state index is 11.9. The summed E-state index contributed by atoms with van der Waals surface area (Å²) in [6, 6.07) is 5.91. The standard InChI is InChI=1S/C23H28N6O3S2/c1-14-19(13-29-9-6-15(7-10-29)34(2,31)32)33-21-20(14)26-22(27-23(21)24-8-11-30)16-4-3-5-18-17(16)12-25-28-18/h3-5,12,15,30H,6-11,13H2,1-2H3,(H,25,28)(H,24,26,27). The van der Waals surface area contributed by atoms with E-state index in [1.54, 1.807) is 17.5 Å². The first-order valence-electron chi connectivity index (χ1n) is 11.3. The molecule has 1 saturated heterocycles. The first-order valence-corrected chi connectivity index (χ1v) is 14.1. The van der Waals surface area contributed by atoms with Crippen molar-refractivity contribution in [3.63, 3.8) is 0 Å². The van der Waals surface area contributed by atoms with Gasteiger partial charge in [0.05, 0.1) is 33.8 Å². The van der Waals surface area contributed by atoms with Crippen molar-refractivity contribution in [2.45, 2.75) is 31.6 Å². The van der Waals surface area contributed by atoms with Crippen LogP contribution in [0, 0.1) is 6.92 Å². The number of anilines is 1. The molecular weight excluding hydrogens is 472 g/mol. The number of fused-ring (bicyclic) bond motifs is 2. The second-order valence-electron chi connectivity index (χ2n) is 8.82. The van der Waals surface area contributed by atoms with Crippen LogP contribution in [0.25, 0.3) is 32.5 Å². The van der Waals surface area contributed by atoms with Gasteiger partial charge in [0.15, 0.2) is 5.82 Å². The molecule has 0 atom stereocenters. The largest absolute Gasteiger partial charge is 0.395 e.